The fourth-order valence-corrected chi connectivity index (χ4v) is 4.17. The second kappa shape index (κ2) is 6.26. The molecule has 1 amide bonds. The lowest BCUT2D eigenvalue weighted by Gasteiger charge is -2.35. The van der Waals surface area contributed by atoms with E-state index in [1.165, 1.54) is 6.33 Å². The zero-order valence-electron chi connectivity index (χ0n) is 14.8. The van der Waals surface area contributed by atoms with Crippen LogP contribution in [0.5, 0.6) is 0 Å². The summed E-state index contributed by atoms with van der Waals surface area (Å²) < 4.78 is 19.5. The minimum absolute atomic E-state index is 0.00388. The predicted octanol–water partition coefficient (Wildman–Crippen LogP) is 3.02. The molecule has 2 aromatic rings. The molecule has 1 saturated carbocycles. The van der Waals surface area contributed by atoms with Gasteiger partial charge in [-0.15, -0.1) is 3.89 Å². The molecule has 4 rings (SSSR count). The Morgan fingerprint density at radius 3 is 2.88 bits per heavy atom. The number of fused-ring (bicyclic) bond motifs is 3. The molecule has 1 N–H and O–H groups in total. The molecular formula is C16H21FN6O2S. The lowest BCUT2D eigenvalue weighted by molar-refractivity contribution is 0.0179. The van der Waals surface area contributed by atoms with E-state index in [4.69, 9.17) is 4.74 Å². The van der Waals surface area contributed by atoms with Gasteiger partial charge in [-0.05, 0) is 39.5 Å². The maximum absolute atomic E-state index is 12.9. The number of halogens is 1. The van der Waals surface area contributed by atoms with E-state index in [0.717, 1.165) is 23.5 Å². The molecule has 10 heteroatoms. The van der Waals surface area contributed by atoms with Crippen molar-refractivity contribution in [3.8, 4) is 0 Å². The molecule has 3 heterocycles. The normalized spacial score (nSPS) is 25.1. The molecule has 26 heavy (non-hydrogen) atoms. The summed E-state index contributed by atoms with van der Waals surface area (Å²) in [6, 6.07) is 0.131. The van der Waals surface area contributed by atoms with Crippen molar-refractivity contribution in [2.24, 2.45) is 5.92 Å². The van der Waals surface area contributed by atoms with Crippen LogP contribution in [0.3, 0.4) is 0 Å². The van der Waals surface area contributed by atoms with Gasteiger partial charge in [-0.25, -0.2) is 14.8 Å². The monoisotopic (exact) mass is 380 g/mol. The van der Waals surface area contributed by atoms with E-state index in [1.54, 1.807) is 6.20 Å². The average Bonchev–Trinajstić information content (AvgIpc) is 3.26. The molecular weight excluding hydrogens is 359 g/mol. The van der Waals surface area contributed by atoms with Crippen LogP contribution in [-0.4, -0.2) is 54.4 Å². The Hall–Kier alpha value is -2.10. The Kier molecular flexibility index (Phi) is 4.17. The first kappa shape index (κ1) is 17.3. The lowest BCUT2D eigenvalue weighted by Crippen LogP contribution is -2.49. The van der Waals surface area contributed by atoms with Gasteiger partial charge in [-0.2, -0.15) is 9.19 Å². The molecule has 3 atom stereocenters. The van der Waals surface area contributed by atoms with Gasteiger partial charge in [0.05, 0.1) is 17.6 Å². The summed E-state index contributed by atoms with van der Waals surface area (Å²) in [6.45, 7) is 6.33. The van der Waals surface area contributed by atoms with Gasteiger partial charge in [-0.1, -0.05) is 0 Å². The summed E-state index contributed by atoms with van der Waals surface area (Å²) in [6.07, 6.45) is 4.57. The highest BCUT2D eigenvalue weighted by atomic mass is 32.2. The Morgan fingerprint density at radius 2 is 2.19 bits per heavy atom. The van der Waals surface area contributed by atoms with Crippen LogP contribution in [0.15, 0.2) is 12.5 Å². The average molecular weight is 380 g/mol. The van der Waals surface area contributed by atoms with Crippen LogP contribution in [0.25, 0.3) is 11.0 Å². The van der Waals surface area contributed by atoms with E-state index in [0.29, 0.717) is 22.8 Å². The van der Waals surface area contributed by atoms with Gasteiger partial charge in [0.2, 0.25) is 0 Å². The number of aromatic nitrogens is 4. The van der Waals surface area contributed by atoms with Gasteiger partial charge in [-0.3, -0.25) is 0 Å². The van der Waals surface area contributed by atoms with Crippen LogP contribution >= 0.6 is 12.3 Å². The molecule has 1 aliphatic carbocycles. The number of likely N-dealkylation sites (tertiary alicyclic amines) is 1. The molecule has 0 aromatic carbocycles. The van der Waals surface area contributed by atoms with E-state index in [2.05, 4.69) is 20.4 Å². The first-order valence-corrected chi connectivity index (χ1v) is 9.27. The number of anilines is 1. The fraction of sp³-hybridized carbons (Fsp3) is 0.625. The molecule has 2 aliphatic rings. The smallest absolute Gasteiger partial charge is 0.410 e. The summed E-state index contributed by atoms with van der Waals surface area (Å²) in [5.41, 5.74) is -0.0959. The third-order valence-corrected chi connectivity index (χ3v) is 5.23. The van der Waals surface area contributed by atoms with E-state index < -0.39 is 5.60 Å². The maximum Gasteiger partial charge on any atom is 0.410 e. The van der Waals surface area contributed by atoms with Crippen molar-refractivity contribution in [1.29, 1.82) is 0 Å². The predicted molar refractivity (Wildman–Crippen MR) is 96.3 cm³/mol. The molecule has 0 radical (unpaired) electrons. The second-order valence-electron chi connectivity index (χ2n) is 7.83. The summed E-state index contributed by atoms with van der Waals surface area (Å²) in [4.78, 5) is 22.7. The highest BCUT2D eigenvalue weighted by molar-refractivity contribution is 7.92. The van der Waals surface area contributed by atoms with Crippen molar-refractivity contribution < 1.29 is 13.4 Å². The number of hydrogen-bond donors (Lipinski definition) is 1. The Balaban J connectivity index is 1.53. The molecule has 140 valence electrons. The van der Waals surface area contributed by atoms with Crippen molar-refractivity contribution in [3.63, 3.8) is 0 Å². The maximum atomic E-state index is 12.9. The van der Waals surface area contributed by atoms with Crippen LogP contribution in [0.1, 0.15) is 33.6 Å². The van der Waals surface area contributed by atoms with Crippen molar-refractivity contribution in [2.45, 2.75) is 51.3 Å². The van der Waals surface area contributed by atoms with Crippen LogP contribution in [0.2, 0.25) is 0 Å². The molecule has 1 aliphatic heterocycles. The number of nitrogens with one attached hydrogen (secondary N) is 1. The summed E-state index contributed by atoms with van der Waals surface area (Å²) in [5.74, 6) is 1.06. The zero-order chi connectivity index (χ0) is 18.5. The summed E-state index contributed by atoms with van der Waals surface area (Å²) in [7, 11) is 0. The SMILES string of the molecule is CC(C)(C)OC(=O)N1CC2CC(Nc3ncnc4c3cnn4SF)C1C2. The minimum Gasteiger partial charge on any atom is -0.444 e. The zero-order valence-corrected chi connectivity index (χ0v) is 15.7. The number of nitrogens with zero attached hydrogens (tertiary/aromatic N) is 5. The third kappa shape index (κ3) is 3.06. The highest BCUT2D eigenvalue weighted by Gasteiger charge is 2.48. The number of piperidine rings is 1. The van der Waals surface area contributed by atoms with Crippen molar-refractivity contribution in [2.75, 3.05) is 11.9 Å². The van der Waals surface area contributed by atoms with Gasteiger partial charge >= 0.3 is 6.09 Å². The number of rotatable bonds is 3. The van der Waals surface area contributed by atoms with E-state index >= 15 is 0 Å². The topological polar surface area (TPSA) is 85.2 Å². The van der Waals surface area contributed by atoms with Gasteiger partial charge in [0, 0.05) is 12.6 Å². The molecule has 2 aromatic heterocycles. The number of amides is 1. The van der Waals surface area contributed by atoms with Gasteiger partial charge in [0.1, 0.15) is 17.7 Å². The molecule has 8 nitrogen and oxygen atoms in total. The van der Waals surface area contributed by atoms with Crippen LogP contribution in [-0.2, 0) is 4.74 Å². The van der Waals surface area contributed by atoms with Crippen LogP contribution in [0, 0.1) is 5.92 Å². The lowest BCUT2D eigenvalue weighted by atomic mass is 10.1. The number of hydrogen-bond acceptors (Lipinski definition) is 7. The molecule has 0 spiro atoms. The number of carbonyl (C=O) groups excluding carboxylic acids is 1. The quantitative estimate of drug-likeness (QED) is 0.876. The van der Waals surface area contributed by atoms with Gasteiger partial charge in [0.25, 0.3) is 0 Å². The molecule has 2 fully saturated rings. The Morgan fingerprint density at radius 1 is 1.38 bits per heavy atom. The van der Waals surface area contributed by atoms with Crippen LogP contribution < -0.4 is 5.32 Å². The number of ether oxygens (including phenoxy) is 1. The first-order valence-electron chi connectivity index (χ1n) is 8.59. The summed E-state index contributed by atoms with van der Waals surface area (Å²) in [5, 5.41) is 8.03. The number of carbonyl (C=O) groups is 1. The fourth-order valence-electron chi connectivity index (χ4n) is 3.87. The largest absolute Gasteiger partial charge is 0.444 e. The van der Waals surface area contributed by atoms with Crippen molar-refractivity contribution >= 4 is 35.3 Å². The van der Waals surface area contributed by atoms with Gasteiger partial charge < -0.3 is 15.0 Å². The first-order chi connectivity index (χ1) is 12.4. The second-order valence-corrected chi connectivity index (χ2v) is 8.32. The molecule has 1 saturated heterocycles. The Labute approximate surface area is 154 Å². The van der Waals surface area contributed by atoms with Crippen molar-refractivity contribution in [3.05, 3.63) is 12.5 Å². The highest BCUT2D eigenvalue weighted by Crippen LogP contribution is 2.40. The van der Waals surface area contributed by atoms with Crippen molar-refractivity contribution in [1.82, 2.24) is 24.1 Å². The van der Waals surface area contributed by atoms with Gasteiger partial charge in [0.15, 0.2) is 18.0 Å². The van der Waals surface area contributed by atoms with Crippen LogP contribution in [0.4, 0.5) is 14.5 Å². The standard InChI is InChI=1S/C16H21FN6O2S/c1-16(2,3)25-15(24)22-7-9-4-11(12(22)5-9)21-13-10-6-20-23(26-17)14(10)19-8-18-13/h6,8-9,11-12H,4-5,7H2,1-3H3,(H,18,19,21). The van der Waals surface area contributed by atoms with E-state index in [-0.39, 0.29) is 30.5 Å². The molecule has 3 unspecified atom stereocenters. The summed E-state index contributed by atoms with van der Waals surface area (Å²) >= 11 is -0.00388. The van der Waals surface area contributed by atoms with E-state index in [9.17, 15) is 8.68 Å². The minimum atomic E-state index is -0.515. The molecule has 2 bridgehead atoms. The third-order valence-electron chi connectivity index (χ3n) is 4.83. The van der Waals surface area contributed by atoms with E-state index in [1.807, 2.05) is 25.7 Å². The Bertz CT molecular complexity index is 838.